The van der Waals surface area contributed by atoms with Crippen LogP contribution in [0.2, 0.25) is 0 Å². The molecule has 1 fully saturated rings. The van der Waals surface area contributed by atoms with Crippen molar-refractivity contribution in [3.05, 3.63) is 29.8 Å². The van der Waals surface area contributed by atoms with Crippen LogP contribution < -0.4 is 5.32 Å². The maximum Gasteiger partial charge on any atom is 0.418 e. The van der Waals surface area contributed by atoms with Crippen LogP contribution in [0.15, 0.2) is 24.3 Å². The summed E-state index contributed by atoms with van der Waals surface area (Å²) in [5.74, 6) is -0.460. The van der Waals surface area contributed by atoms with Gasteiger partial charge in [0, 0.05) is 13.1 Å². The molecule has 2 rings (SSSR count). The molecule has 1 heterocycles. The number of alkyl halides is 3. The number of carbonyl (C=O) groups excluding carboxylic acids is 1. The molecule has 0 aromatic heterocycles. The molecule has 1 saturated heterocycles. The van der Waals surface area contributed by atoms with Crippen molar-refractivity contribution in [2.24, 2.45) is 0 Å². The van der Waals surface area contributed by atoms with Gasteiger partial charge in [-0.15, -0.1) is 0 Å². The summed E-state index contributed by atoms with van der Waals surface area (Å²) >= 11 is 0. The van der Waals surface area contributed by atoms with Crippen LogP contribution in [0.5, 0.6) is 0 Å². The molecule has 1 aromatic rings. The number of benzene rings is 1. The molecule has 1 N–H and O–H groups in total. The zero-order chi connectivity index (χ0) is 16.3. The van der Waals surface area contributed by atoms with Gasteiger partial charge in [-0.05, 0) is 26.0 Å². The fourth-order valence-electron chi connectivity index (χ4n) is 2.65. The second kappa shape index (κ2) is 6.66. The van der Waals surface area contributed by atoms with Crippen molar-refractivity contribution >= 4 is 11.6 Å². The SMILES string of the molecule is CC1CN(CC(=O)Nc2ccccc2C(F)(F)F)CC(C)O1. The Morgan fingerprint density at radius 3 is 2.45 bits per heavy atom. The van der Waals surface area contributed by atoms with E-state index >= 15 is 0 Å². The minimum Gasteiger partial charge on any atom is -0.373 e. The summed E-state index contributed by atoms with van der Waals surface area (Å²) in [7, 11) is 0. The van der Waals surface area contributed by atoms with Crippen LogP contribution in [0.25, 0.3) is 0 Å². The number of nitrogens with zero attached hydrogens (tertiary/aromatic N) is 1. The van der Waals surface area contributed by atoms with E-state index in [1.54, 1.807) is 0 Å². The molecule has 1 amide bonds. The van der Waals surface area contributed by atoms with Gasteiger partial charge in [0.05, 0.1) is 30.0 Å². The quantitative estimate of drug-likeness (QED) is 0.932. The summed E-state index contributed by atoms with van der Waals surface area (Å²) < 4.78 is 44.2. The van der Waals surface area contributed by atoms with Gasteiger partial charge >= 0.3 is 6.18 Å². The Hall–Kier alpha value is -1.60. The van der Waals surface area contributed by atoms with Gasteiger partial charge in [-0.2, -0.15) is 13.2 Å². The molecule has 122 valence electrons. The monoisotopic (exact) mass is 316 g/mol. The summed E-state index contributed by atoms with van der Waals surface area (Å²) in [4.78, 5) is 13.9. The van der Waals surface area contributed by atoms with Crippen LogP contribution in [0.1, 0.15) is 19.4 Å². The molecule has 1 aromatic carbocycles. The van der Waals surface area contributed by atoms with Crippen molar-refractivity contribution in [3.63, 3.8) is 0 Å². The zero-order valence-electron chi connectivity index (χ0n) is 12.5. The third-order valence-corrected chi connectivity index (χ3v) is 3.37. The number of nitrogens with one attached hydrogen (secondary N) is 1. The molecule has 2 unspecified atom stereocenters. The van der Waals surface area contributed by atoms with E-state index in [1.165, 1.54) is 18.2 Å². The molecular formula is C15H19F3N2O2. The van der Waals surface area contributed by atoms with E-state index in [4.69, 9.17) is 4.74 Å². The average Bonchev–Trinajstić information content (AvgIpc) is 2.36. The minimum absolute atomic E-state index is 0.000915. The summed E-state index contributed by atoms with van der Waals surface area (Å²) in [6.07, 6.45) is -4.50. The van der Waals surface area contributed by atoms with E-state index < -0.39 is 17.6 Å². The summed E-state index contributed by atoms with van der Waals surface area (Å²) in [5, 5.41) is 2.35. The van der Waals surface area contributed by atoms with Gasteiger partial charge in [0.25, 0.3) is 0 Å². The zero-order valence-corrected chi connectivity index (χ0v) is 12.5. The van der Waals surface area contributed by atoms with Crippen LogP contribution in [0, 0.1) is 0 Å². The highest BCUT2D eigenvalue weighted by Crippen LogP contribution is 2.34. The van der Waals surface area contributed by atoms with Crippen molar-refractivity contribution < 1.29 is 22.7 Å². The Bertz CT molecular complexity index is 524. The van der Waals surface area contributed by atoms with Crippen molar-refractivity contribution in [1.29, 1.82) is 0 Å². The molecular weight excluding hydrogens is 297 g/mol. The Kier molecular flexibility index (Phi) is 5.08. The smallest absolute Gasteiger partial charge is 0.373 e. The highest BCUT2D eigenvalue weighted by molar-refractivity contribution is 5.93. The number of halogens is 3. The standard InChI is InChI=1S/C15H19F3N2O2/c1-10-7-20(8-11(2)22-10)9-14(21)19-13-6-4-3-5-12(13)15(16,17)18/h3-6,10-11H,7-9H2,1-2H3,(H,19,21). The molecule has 2 atom stereocenters. The van der Waals surface area contributed by atoms with Gasteiger partial charge < -0.3 is 10.1 Å². The molecule has 0 spiro atoms. The van der Waals surface area contributed by atoms with Gasteiger partial charge in [0.1, 0.15) is 0 Å². The molecule has 1 aliphatic rings. The highest BCUT2D eigenvalue weighted by atomic mass is 19.4. The fraction of sp³-hybridized carbons (Fsp3) is 0.533. The normalized spacial score (nSPS) is 23.3. The van der Waals surface area contributed by atoms with E-state index in [2.05, 4.69) is 5.32 Å². The minimum atomic E-state index is -4.49. The molecule has 4 nitrogen and oxygen atoms in total. The topological polar surface area (TPSA) is 41.6 Å². The lowest BCUT2D eigenvalue weighted by Crippen LogP contribution is -2.48. The number of rotatable bonds is 3. The molecule has 0 aliphatic carbocycles. The van der Waals surface area contributed by atoms with Crippen LogP contribution in [0.4, 0.5) is 18.9 Å². The molecule has 1 aliphatic heterocycles. The lowest BCUT2D eigenvalue weighted by atomic mass is 10.1. The first-order valence-electron chi connectivity index (χ1n) is 7.09. The second-order valence-electron chi connectivity index (χ2n) is 5.54. The van der Waals surface area contributed by atoms with E-state index in [0.29, 0.717) is 13.1 Å². The number of amides is 1. The second-order valence-corrected chi connectivity index (χ2v) is 5.54. The number of anilines is 1. The number of para-hydroxylation sites is 1. The molecule has 0 saturated carbocycles. The summed E-state index contributed by atoms with van der Waals surface area (Å²) in [6.45, 7) is 5.01. The van der Waals surface area contributed by atoms with Gasteiger partial charge in [0.2, 0.25) is 5.91 Å². The van der Waals surface area contributed by atoms with Crippen LogP contribution >= 0.6 is 0 Å². The van der Waals surface area contributed by atoms with Gasteiger partial charge in [-0.25, -0.2) is 0 Å². The molecule has 22 heavy (non-hydrogen) atoms. The van der Waals surface area contributed by atoms with Crippen LogP contribution in [0.3, 0.4) is 0 Å². The fourth-order valence-corrected chi connectivity index (χ4v) is 2.65. The van der Waals surface area contributed by atoms with E-state index in [9.17, 15) is 18.0 Å². The van der Waals surface area contributed by atoms with Gasteiger partial charge in [-0.1, -0.05) is 12.1 Å². The Labute approximate surface area is 127 Å². The predicted molar refractivity (Wildman–Crippen MR) is 76.5 cm³/mol. The Morgan fingerprint density at radius 2 is 1.86 bits per heavy atom. The first-order chi connectivity index (χ1) is 10.3. The Morgan fingerprint density at radius 1 is 1.27 bits per heavy atom. The first-order valence-corrected chi connectivity index (χ1v) is 7.09. The molecule has 0 radical (unpaired) electrons. The highest BCUT2D eigenvalue weighted by Gasteiger charge is 2.33. The summed E-state index contributed by atoms with van der Waals surface area (Å²) in [5.41, 5.74) is -1.05. The van der Waals surface area contributed by atoms with Crippen LogP contribution in [-0.4, -0.2) is 42.6 Å². The maximum atomic E-state index is 12.9. The van der Waals surface area contributed by atoms with Crippen LogP contribution in [-0.2, 0) is 15.7 Å². The first kappa shape index (κ1) is 16.8. The third-order valence-electron chi connectivity index (χ3n) is 3.37. The van der Waals surface area contributed by atoms with E-state index in [-0.39, 0.29) is 24.4 Å². The van der Waals surface area contributed by atoms with E-state index in [0.717, 1.165) is 6.07 Å². The number of morpholine rings is 1. The predicted octanol–water partition coefficient (Wildman–Crippen LogP) is 2.75. The molecule has 7 heteroatoms. The third kappa shape index (κ3) is 4.45. The van der Waals surface area contributed by atoms with Crippen molar-refractivity contribution in [1.82, 2.24) is 4.90 Å². The lowest BCUT2D eigenvalue weighted by molar-refractivity contribution is -0.137. The number of hydrogen-bond acceptors (Lipinski definition) is 3. The van der Waals surface area contributed by atoms with Crippen molar-refractivity contribution in [3.8, 4) is 0 Å². The van der Waals surface area contributed by atoms with E-state index in [1.807, 2.05) is 18.7 Å². The van der Waals surface area contributed by atoms with Crippen molar-refractivity contribution in [2.45, 2.75) is 32.2 Å². The summed E-state index contributed by atoms with van der Waals surface area (Å²) in [6, 6.07) is 4.97. The number of ether oxygens (including phenoxy) is 1. The average molecular weight is 316 g/mol. The Balaban J connectivity index is 2.01. The number of hydrogen-bond donors (Lipinski definition) is 1. The van der Waals surface area contributed by atoms with Gasteiger partial charge in [-0.3, -0.25) is 9.69 Å². The molecule has 0 bridgehead atoms. The van der Waals surface area contributed by atoms with Gasteiger partial charge in [0.15, 0.2) is 0 Å². The van der Waals surface area contributed by atoms with Crippen molar-refractivity contribution in [2.75, 3.05) is 25.0 Å². The lowest BCUT2D eigenvalue weighted by Gasteiger charge is -2.34. The number of carbonyl (C=O) groups is 1. The maximum absolute atomic E-state index is 12.9. The largest absolute Gasteiger partial charge is 0.418 e.